The van der Waals surface area contributed by atoms with Crippen molar-refractivity contribution in [1.29, 1.82) is 0 Å². The summed E-state index contributed by atoms with van der Waals surface area (Å²) in [6.07, 6.45) is 20.6. The lowest BCUT2D eigenvalue weighted by atomic mass is 10.1. The average molecular weight is 753 g/mol. The van der Waals surface area contributed by atoms with Crippen molar-refractivity contribution in [3.8, 4) is 0 Å². The van der Waals surface area contributed by atoms with Crippen LogP contribution in [0.5, 0.6) is 0 Å². The fourth-order valence-electron chi connectivity index (χ4n) is 5.64. The fraction of sp³-hybridized carbons (Fsp3) is 0.372. The Morgan fingerprint density at radius 1 is 0.566 bits per heavy atom. The van der Waals surface area contributed by atoms with E-state index in [4.69, 9.17) is 0 Å². The van der Waals surface area contributed by atoms with Gasteiger partial charge in [-0.3, -0.25) is 14.6 Å². The van der Waals surface area contributed by atoms with E-state index < -0.39 is 0 Å². The van der Waals surface area contributed by atoms with Crippen LogP contribution in [0.3, 0.4) is 0 Å². The van der Waals surface area contributed by atoms with Gasteiger partial charge < -0.3 is 24.6 Å². The number of anilines is 2. The first kappa shape index (κ1) is 41.3. The van der Waals surface area contributed by atoms with Gasteiger partial charge in [0.25, 0.3) is 0 Å². The highest BCUT2D eigenvalue weighted by Crippen LogP contribution is 2.24. The molecular formula is C43H56N6O2S2. The number of hydrogen-bond acceptors (Lipinski definition) is 7. The Balaban J connectivity index is 0.974. The van der Waals surface area contributed by atoms with Crippen LogP contribution in [0.4, 0.5) is 11.4 Å². The number of rotatable bonds is 23. The summed E-state index contributed by atoms with van der Waals surface area (Å²) >= 11 is 0. The molecule has 53 heavy (non-hydrogen) atoms. The second kappa shape index (κ2) is 23.3. The molecular weight excluding hydrogens is 697 g/mol. The smallest absolute Gasteiger partial charge is 0.222 e. The number of carbonyl (C=O) groups excluding carboxylic acids is 2. The molecule has 4 aromatic rings. The lowest BCUT2D eigenvalue weighted by molar-refractivity contribution is -0.130. The summed E-state index contributed by atoms with van der Waals surface area (Å²) in [5, 5.41) is 0. The highest BCUT2D eigenvalue weighted by Gasteiger charge is 2.11. The van der Waals surface area contributed by atoms with Crippen molar-refractivity contribution < 1.29 is 9.59 Å². The zero-order valence-electron chi connectivity index (χ0n) is 31.8. The van der Waals surface area contributed by atoms with E-state index in [1.165, 1.54) is 16.9 Å². The predicted molar refractivity (Wildman–Crippen MR) is 230 cm³/mol. The van der Waals surface area contributed by atoms with Gasteiger partial charge in [-0.25, -0.2) is 0 Å². The number of H-pyrrole nitrogens is 1. The van der Waals surface area contributed by atoms with E-state index in [-0.39, 0.29) is 11.8 Å². The van der Waals surface area contributed by atoms with Crippen LogP contribution in [0.15, 0.2) is 91.5 Å². The van der Waals surface area contributed by atoms with E-state index in [2.05, 4.69) is 107 Å². The Morgan fingerprint density at radius 3 is 1.43 bits per heavy atom. The van der Waals surface area contributed by atoms with Crippen LogP contribution in [0.25, 0.3) is 24.3 Å². The van der Waals surface area contributed by atoms with Gasteiger partial charge in [0.2, 0.25) is 11.8 Å². The number of nitrogens with one attached hydrogen (secondary N) is 1. The molecule has 0 saturated heterocycles. The summed E-state index contributed by atoms with van der Waals surface area (Å²) < 4.78 is 0. The third-order valence-electron chi connectivity index (χ3n) is 9.08. The molecule has 2 amide bonds. The van der Waals surface area contributed by atoms with Gasteiger partial charge in [0.1, 0.15) is 0 Å². The van der Waals surface area contributed by atoms with Gasteiger partial charge in [0, 0.05) is 115 Å². The predicted octanol–water partition coefficient (Wildman–Crippen LogP) is 8.96. The molecule has 0 spiro atoms. The molecule has 0 aliphatic rings. The molecule has 0 fully saturated rings. The van der Waals surface area contributed by atoms with Crippen LogP contribution in [0, 0.1) is 0 Å². The number of benzene rings is 2. The molecule has 2 aromatic heterocycles. The molecule has 8 nitrogen and oxygen atoms in total. The normalized spacial score (nSPS) is 11.3. The summed E-state index contributed by atoms with van der Waals surface area (Å²) in [4.78, 5) is 40.6. The second-order valence-corrected chi connectivity index (χ2v) is 16.0. The van der Waals surface area contributed by atoms with Gasteiger partial charge in [-0.05, 0) is 90.4 Å². The topological polar surface area (TPSA) is 75.8 Å². The van der Waals surface area contributed by atoms with Crippen molar-refractivity contribution in [2.24, 2.45) is 0 Å². The molecule has 0 bridgehead atoms. The standard InChI is InChI=1S/C43H56N6O2S2/c1-46(40-19-15-36(16-20-40)11-12-38-23-26-44-27-24-38)29-7-31-48(3)42(50)9-5-33-52-53-34-6-10-43(51)49(4)32-8-30-47(2)41-21-17-37(18-22-41)13-14-39-25-28-45-35-39/h11-28,35,45H,5-10,29-34H2,1-4H3/b12-11+,14-13+. The fourth-order valence-corrected chi connectivity index (χ4v) is 7.82. The Morgan fingerprint density at radius 2 is 1.00 bits per heavy atom. The van der Waals surface area contributed by atoms with Crippen molar-refractivity contribution in [2.75, 3.05) is 75.7 Å². The highest BCUT2D eigenvalue weighted by atomic mass is 33.1. The molecule has 282 valence electrons. The first-order valence-corrected chi connectivity index (χ1v) is 21.0. The maximum Gasteiger partial charge on any atom is 0.222 e. The Bertz CT molecular complexity index is 1680. The van der Waals surface area contributed by atoms with Crippen molar-refractivity contribution in [3.05, 3.63) is 114 Å². The van der Waals surface area contributed by atoms with E-state index in [0.717, 1.165) is 80.1 Å². The Labute approximate surface area is 325 Å². The Hall–Kier alpha value is -4.41. The number of aromatic nitrogens is 2. The summed E-state index contributed by atoms with van der Waals surface area (Å²) in [7, 11) is 11.6. The monoisotopic (exact) mass is 752 g/mol. The summed E-state index contributed by atoms with van der Waals surface area (Å²) in [5.41, 5.74) is 6.95. The molecule has 0 radical (unpaired) electrons. The van der Waals surface area contributed by atoms with Crippen molar-refractivity contribution >= 4 is 69.1 Å². The number of nitrogens with zero attached hydrogens (tertiary/aromatic N) is 5. The third kappa shape index (κ3) is 15.6. The molecule has 1 N–H and O–H groups in total. The minimum absolute atomic E-state index is 0.206. The number of aromatic amines is 1. The van der Waals surface area contributed by atoms with Crippen LogP contribution in [0.1, 0.15) is 60.8 Å². The summed E-state index contributed by atoms with van der Waals surface area (Å²) in [6.45, 7) is 3.27. The highest BCUT2D eigenvalue weighted by molar-refractivity contribution is 8.76. The maximum absolute atomic E-state index is 12.7. The van der Waals surface area contributed by atoms with Crippen LogP contribution in [0.2, 0.25) is 0 Å². The molecule has 0 aliphatic carbocycles. The molecule has 0 aliphatic heterocycles. The van der Waals surface area contributed by atoms with Crippen molar-refractivity contribution in [2.45, 2.75) is 38.5 Å². The summed E-state index contributed by atoms with van der Waals surface area (Å²) in [6, 6.07) is 23.1. The van der Waals surface area contributed by atoms with E-state index in [1.807, 2.05) is 54.5 Å². The Kier molecular flexibility index (Phi) is 18.2. The molecule has 10 heteroatoms. The number of amides is 2. The lowest BCUT2D eigenvalue weighted by Crippen LogP contribution is -2.30. The summed E-state index contributed by atoms with van der Waals surface area (Å²) in [5.74, 6) is 2.29. The van der Waals surface area contributed by atoms with Gasteiger partial charge in [0.05, 0.1) is 0 Å². The molecule has 0 unspecified atom stereocenters. The molecule has 2 heterocycles. The minimum Gasteiger partial charge on any atom is -0.375 e. The van der Waals surface area contributed by atoms with E-state index in [1.54, 1.807) is 34.0 Å². The van der Waals surface area contributed by atoms with Gasteiger partial charge in [-0.15, -0.1) is 0 Å². The van der Waals surface area contributed by atoms with E-state index in [0.29, 0.717) is 12.8 Å². The zero-order valence-corrected chi connectivity index (χ0v) is 33.5. The lowest BCUT2D eigenvalue weighted by Gasteiger charge is -2.22. The van der Waals surface area contributed by atoms with Crippen LogP contribution in [-0.4, -0.2) is 97.5 Å². The molecule has 4 rings (SSSR count). The third-order valence-corrected chi connectivity index (χ3v) is 11.7. The maximum atomic E-state index is 12.7. The van der Waals surface area contributed by atoms with Crippen molar-refractivity contribution in [1.82, 2.24) is 19.8 Å². The second-order valence-electron chi connectivity index (χ2n) is 13.3. The van der Waals surface area contributed by atoms with Crippen LogP contribution in [-0.2, 0) is 9.59 Å². The first-order chi connectivity index (χ1) is 25.8. The zero-order chi connectivity index (χ0) is 37.7. The number of pyridine rings is 1. The quantitative estimate of drug-likeness (QED) is 0.0599. The van der Waals surface area contributed by atoms with Crippen LogP contribution >= 0.6 is 21.6 Å². The number of carbonyl (C=O) groups is 2. The minimum atomic E-state index is 0.206. The largest absolute Gasteiger partial charge is 0.375 e. The molecule has 2 aromatic carbocycles. The molecule has 0 atom stereocenters. The van der Waals surface area contributed by atoms with Crippen molar-refractivity contribution in [3.63, 3.8) is 0 Å². The average Bonchev–Trinajstić information content (AvgIpc) is 3.71. The van der Waals surface area contributed by atoms with Gasteiger partial charge in [0.15, 0.2) is 0 Å². The number of hydrogen-bond donors (Lipinski definition) is 1. The van der Waals surface area contributed by atoms with Crippen LogP contribution < -0.4 is 9.80 Å². The SMILES string of the molecule is CN(CCCN(C)c1ccc(/C=C/c2ccncc2)cc1)C(=O)CCCSSCCCC(=O)N(C)CCCN(C)c1ccc(/C=C/c2cc[nH]c2)cc1. The van der Waals surface area contributed by atoms with E-state index in [9.17, 15) is 9.59 Å². The molecule has 0 saturated carbocycles. The van der Waals surface area contributed by atoms with Gasteiger partial charge in [-0.1, -0.05) is 70.2 Å². The van der Waals surface area contributed by atoms with Gasteiger partial charge >= 0.3 is 0 Å². The van der Waals surface area contributed by atoms with Gasteiger partial charge in [-0.2, -0.15) is 0 Å². The first-order valence-electron chi connectivity index (χ1n) is 18.5. The van der Waals surface area contributed by atoms with E-state index >= 15 is 0 Å².